The monoisotopic (exact) mass is 262 g/mol. The van der Waals surface area contributed by atoms with Crippen LogP contribution in [0.1, 0.15) is 31.7 Å². The van der Waals surface area contributed by atoms with Crippen molar-refractivity contribution in [2.75, 3.05) is 26.2 Å². The molecule has 0 aliphatic carbocycles. The van der Waals surface area contributed by atoms with E-state index in [1.54, 1.807) is 4.90 Å². The predicted octanol–water partition coefficient (Wildman–Crippen LogP) is 2.60. The molecule has 4 heteroatoms. The Bertz CT molecular complexity index is 407. The normalized spacial score (nSPS) is 16.3. The maximum Gasteiger partial charge on any atom is 0.415 e. The summed E-state index contributed by atoms with van der Waals surface area (Å²) in [4.78, 5) is 13.8. The summed E-state index contributed by atoms with van der Waals surface area (Å²) in [5.41, 5.74) is 1.25. The molecule has 1 saturated heterocycles. The SMILES string of the molecule is CC(C)c1ccc(OC(=O)N2CCCNCC2)cc1. The second-order valence-electron chi connectivity index (χ2n) is 5.18. The molecule has 1 amide bonds. The minimum atomic E-state index is -0.249. The molecule has 0 saturated carbocycles. The van der Waals surface area contributed by atoms with Gasteiger partial charge in [-0.1, -0.05) is 26.0 Å². The fraction of sp³-hybridized carbons (Fsp3) is 0.533. The average molecular weight is 262 g/mol. The fourth-order valence-electron chi connectivity index (χ4n) is 2.11. The van der Waals surface area contributed by atoms with E-state index in [0.717, 1.165) is 26.1 Å². The summed E-state index contributed by atoms with van der Waals surface area (Å²) in [7, 11) is 0. The lowest BCUT2D eigenvalue weighted by atomic mass is 10.0. The highest BCUT2D eigenvalue weighted by Crippen LogP contribution is 2.19. The first kappa shape index (κ1) is 13.9. The second-order valence-corrected chi connectivity index (χ2v) is 5.18. The molecule has 0 atom stereocenters. The van der Waals surface area contributed by atoms with Crippen molar-refractivity contribution in [3.05, 3.63) is 29.8 Å². The Kier molecular flexibility index (Phi) is 4.80. The van der Waals surface area contributed by atoms with E-state index >= 15 is 0 Å². The van der Waals surface area contributed by atoms with Crippen molar-refractivity contribution in [1.82, 2.24) is 10.2 Å². The third-order valence-corrected chi connectivity index (χ3v) is 3.35. The first-order chi connectivity index (χ1) is 9.16. The van der Waals surface area contributed by atoms with Gasteiger partial charge in [-0.3, -0.25) is 0 Å². The molecule has 0 aromatic heterocycles. The molecule has 1 aromatic carbocycles. The summed E-state index contributed by atoms with van der Waals surface area (Å²) >= 11 is 0. The average Bonchev–Trinajstić information content (AvgIpc) is 2.68. The zero-order valence-electron chi connectivity index (χ0n) is 11.7. The highest BCUT2D eigenvalue weighted by Gasteiger charge is 2.17. The maximum absolute atomic E-state index is 12.0. The van der Waals surface area contributed by atoms with Crippen LogP contribution in [0.3, 0.4) is 0 Å². The molecular weight excluding hydrogens is 240 g/mol. The number of carbonyl (C=O) groups is 1. The van der Waals surface area contributed by atoms with E-state index in [1.165, 1.54) is 5.56 Å². The van der Waals surface area contributed by atoms with Crippen LogP contribution in [-0.4, -0.2) is 37.2 Å². The standard InChI is InChI=1S/C15H22N2O2/c1-12(2)13-4-6-14(7-5-13)19-15(18)17-10-3-8-16-9-11-17/h4-7,12,16H,3,8-11H2,1-2H3. The number of benzene rings is 1. The molecule has 4 nitrogen and oxygen atoms in total. The number of hydrogen-bond acceptors (Lipinski definition) is 3. The van der Waals surface area contributed by atoms with Crippen LogP contribution >= 0.6 is 0 Å². The number of rotatable bonds is 2. The smallest absolute Gasteiger partial charge is 0.410 e. The van der Waals surface area contributed by atoms with Crippen LogP contribution in [0.15, 0.2) is 24.3 Å². The molecule has 1 aliphatic rings. The van der Waals surface area contributed by atoms with Gasteiger partial charge in [0, 0.05) is 19.6 Å². The molecule has 0 radical (unpaired) electrons. The van der Waals surface area contributed by atoms with Gasteiger partial charge in [-0.25, -0.2) is 4.79 Å². The quantitative estimate of drug-likeness (QED) is 0.890. The predicted molar refractivity (Wildman–Crippen MR) is 75.6 cm³/mol. The minimum Gasteiger partial charge on any atom is -0.410 e. The fourth-order valence-corrected chi connectivity index (χ4v) is 2.11. The summed E-state index contributed by atoms with van der Waals surface area (Å²) in [6.45, 7) is 7.56. The number of hydrogen-bond donors (Lipinski definition) is 1. The summed E-state index contributed by atoms with van der Waals surface area (Å²) in [6, 6.07) is 7.75. The van der Waals surface area contributed by atoms with Crippen LogP contribution in [0.25, 0.3) is 0 Å². The van der Waals surface area contributed by atoms with E-state index in [1.807, 2.05) is 24.3 Å². The Morgan fingerprint density at radius 2 is 1.95 bits per heavy atom. The van der Waals surface area contributed by atoms with E-state index in [9.17, 15) is 4.79 Å². The van der Waals surface area contributed by atoms with E-state index < -0.39 is 0 Å². The Hall–Kier alpha value is -1.55. The van der Waals surface area contributed by atoms with Gasteiger partial charge in [0.15, 0.2) is 0 Å². The van der Waals surface area contributed by atoms with E-state index in [2.05, 4.69) is 19.2 Å². The molecule has 1 N–H and O–H groups in total. The van der Waals surface area contributed by atoms with Gasteiger partial charge in [-0.05, 0) is 36.6 Å². The largest absolute Gasteiger partial charge is 0.415 e. The van der Waals surface area contributed by atoms with Gasteiger partial charge in [-0.2, -0.15) is 0 Å². The molecule has 1 heterocycles. The molecule has 19 heavy (non-hydrogen) atoms. The molecule has 0 bridgehead atoms. The summed E-state index contributed by atoms with van der Waals surface area (Å²) in [5.74, 6) is 1.10. The van der Waals surface area contributed by atoms with Crippen LogP contribution in [0.4, 0.5) is 4.79 Å². The molecule has 0 unspecified atom stereocenters. The number of carbonyl (C=O) groups excluding carboxylic acids is 1. The molecule has 0 spiro atoms. The summed E-state index contributed by atoms with van der Waals surface area (Å²) < 4.78 is 5.40. The molecular formula is C15H22N2O2. The molecule has 104 valence electrons. The second kappa shape index (κ2) is 6.57. The summed E-state index contributed by atoms with van der Waals surface area (Å²) in [6.07, 6.45) is 0.725. The van der Waals surface area contributed by atoms with Gasteiger partial charge >= 0.3 is 6.09 Å². The van der Waals surface area contributed by atoms with E-state index in [0.29, 0.717) is 18.2 Å². The third kappa shape index (κ3) is 3.96. The van der Waals surface area contributed by atoms with Crippen molar-refractivity contribution in [2.24, 2.45) is 0 Å². The lowest BCUT2D eigenvalue weighted by molar-refractivity contribution is 0.155. The van der Waals surface area contributed by atoms with E-state index in [4.69, 9.17) is 4.74 Å². The Labute approximate surface area is 114 Å². The van der Waals surface area contributed by atoms with Crippen LogP contribution in [-0.2, 0) is 0 Å². The molecule has 1 aliphatic heterocycles. The van der Waals surface area contributed by atoms with E-state index in [-0.39, 0.29) is 6.09 Å². The molecule has 2 rings (SSSR count). The van der Waals surface area contributed by atoms with Gasteiger partial charge in [0.2, 0.25) is 0 Å². The van der Waals surface area contributed by atoms with Crippen LogP contribution in [0, 0.1) is 0 Å². The van der Waals surface area contributed by atoms with Crippen molar-refractivity contribution < 1.29 is 9.53 Å². The number of amides is 1. The van der Waals surface area contributed by atoms with Crippen molar-refractivity contribution in [2.45, 2.75) is 26.2 Å². The first-order valence-electron chi connectivity index (χ1n) is 6.94. The Balaban J connectivity index is 1.94. The lowest BCUT2D eigenvalue weighted by Crippen LogP contribution is -2.36. The summed E-state index contributed by atoms with van der Waals surface area (Å²) in [5, 5.41) is 3.27. The third-order valence-electron chi connectivity index (χ3n) is 3.35. The first-order valence-corrected chi connectivity index (χ1v) is 6.94. The van der Waals surface area contributed by atoms with Crippen molar-refractivity contribution in [3.8, 4) is 5.75 Å². The van der Waals surface area contributed by atoms with Crippen LogP contribution in [0.2, 0.25) is 0 Å². The van der Waals surface area contributed by atoms with Gasteiger partial charge in [0.05, 0.1) is 0 Å². The van der Waals surface area contributed by atoms with Crippen molar-refractivity contribution in [3.63, 3.8) is 0 Å². The maximum atomic E-state index is 12.0. The van der Waals surface area contributed by atoms with Gasteiger partial charge < -0.3 is 15.0 Å². The van der Waals surface area contributed by atoms with Gasteiger partial charge in [-0.15, -0.1) is 0 Å². The number of ether oxygens (including phenoxy) is 1. The molecule has 1 aromatic rings. The molecule has 1 fully saturated rings. The minimum absolute atomic E-state index is 0.249. The van der Waals surface area contributed by atoms with Crippen molar-refractivity contribution in [1.29, 1.82) is 0 Å². The van der Waals surface area contributed by atoms with Crippen LogP contribution < -0.4 is 10.1 Å². The topological polar surface area (TPSA) is 41.6 Å². The number of nitrogens with zero attached hydrogens (tertiary/aromatic N) is 1. The zero-order valence-corrected chi connectivity index (χ0v) is 11.7. The van der Waals surface area contributed by atoms with Crippen molar-refractivity contribution >= 4 is 6.09 Å². The Morgan fingerprint density at radius 1 is 1.21 bits per heavy atom. The zero-order chi connectivity index (χ0) is 13.7. The Morgan fingerprint density at radius 3 is 2.63 bits per heavy atom. The highest BCUT2D eigenvalue weighted by atomic mass is 16.6. The van der Waals surface area contributed by atoms with Gasteiger partial charge in [0.25, 0.3) is 0 Å². The lowest BCUT2D eigenvalue weighted by Gasteiger charge is -2.19. The highest BCUT2D eigenvalue weighted by molar-refractivity contribution is 5.70. The van der Waals surface area contributed by atoms with Gasteiger partial charge in [0.1, 0.15) is 5.75 Å². The number of nitrogens with one attached hydrogen (secondary N) is 1. The van der Waals surface area contributed by atoms with Crippen LogP contribution in [0.5, 0.6) is 5.75 Å².